The highest BCUT2D eigenvalue weighted by molar-refractivity contribution is 4.83. The fourth-order valence-corrected chi connectivity index (χ4v) is 2.30. The number of hydrogen-bond acceptors (Lipinski definition) is 1. The molecule has 0 saturated heterocycles. The molecule has 0 spiro atoms. The van der Waals surface area contributed by atoms with Crippen LogP contribution < -0.4 is 0 Å². The van der Waals surface area contributed by atoms with Crippen molar-refractivity contribution in [2.75, 3.05) is 6.61 Å². The molecule has 0 aromatic heterocycles. The molecular weight excluding hydrogens is 160 g/mol. The Morgan fingerprint density at radius 1 is 1.31 bits per heavy atom. The summed E-state index contributed by atoms with van der Waals surface area (Å²) in [4.78, 5) is 0. The Balaban J connectivity index is 2.33. The van der Waals surface area contributed by atoms with Gasteiger partial charge in [0.2, 0.25) is 0 Å². The highest BCUT2D eigenvalue weighted by Crippen LogP contribution is 2.37. The van der Waals surface area contributed by atoms with Crippen molar-refractivity contribution in [1.29, 1.82) is 0 Å². The van der Waals surface area contributed by atoms with Gasteiger partial charge in [-0.1, -0.05) is 27.7 Å². The lowest BCUT2D eigenvalue weighted by Crippen LogP contribution is -2.16. The fourth-order valence-electron chi connectivity index (χ4n) is 2.30. The van der Waals surface area contributed by atoms with Crippen LogP contribution in [0.1, 0.15) is 47.0 Å². The van der Waals surface area contributed by atoms with Gasteiger partial charge in [0.1, 0.15) is 0 Å². The second kappa shape index (κ2) is 4.99. The van der Waals surface area contributed by atoms with Gasteiger partial charge in [-0.25, -0.2) is 0 Å². The van der Waals surface area contributed by atoms with Crippen molar-refractivity contribution in [2.24, 2.45) is 17.8 Å². The molecule has 0 aromatic rings. The van der Waals surface area contributed by atoms with Crippen LogP contribution in [0.25, 0.3) is 0 Å². The van der Waals surface area contributed by atoms with Gasteiger partial charge < -0.3 is 4.74 Å². The maximum atomic E-state index is 5.84. The van der Waals surface area contributed by atoms with E-state index in [4.69, 9.17) is 4.74 Å². The van der Waals surface area contributed by atoms with Crippen molar-refractivity contribution in [2.45, 2.75) is 53.1 Å². The summed E-state index contributed by atoms with van der Waals surface area (Å²) in [6.07, 6.45) is 4.35. The van der Waals surface area contributed by atoms with E-state index < -0.39 is 0 Å². The standard InChI is InChI=1S/C12H24O/c1-5-6-13-12-8-11(9(2)3)7-10(12)4/h9-12H,5-8H2,1-4H3. The molecule has 1 fully saturated rings. The second-order valence-electron chi connectivity index (χ2n) is 4.86. The maximum absolute atomic E-state index is 5.84. The van der Waals surface area contributed by atoms with Gasteiger partial charge >= 0.3 is 0 Å². The van der Waals surface area contributed by atoms with Crippen LogP contribution in [0.15, 0.2) is 0 Å². The Kier molecular flexibility index (Phi) is 4.24. The SMILES string of the molecule is CCCOC1CC(C(C)C)CC1C. The molecular formula is C12H24O. The lowest BCUT2D eigenvalue weighted by molar-refractivity contribution is 0.0308. The molecule has 1 nitrogen and oxygen atoms in total. The van der Waals surface area contributed by atoms with Gasteiger partial charge in [-0.2, -0.15) is 0 Å². The summed E-state index contributed by atoms with van der Waals surface area (Å²) in [5.41, 5.74) is 0. The van der Waals surface area contributed by atoms with E-state index in [2.05, 4.69) is 27.7 Å². The minimum Gasteiger partial charge on any atom is -0.378 e. The van der Waals surface area contributed by atoms with Gasteiger partial charge in [0.05, 0.1) is 6.10 Å². The molecule has 0 aliphatic heterocycles. The largest absolute Gasteiger partial charge is 0.378 e. The molecule has 1 saturated carbocycles. The Morgan fingerprint density at radius 3 is 2.46 bits per heavy atom. The molecule has 1 heteroatoms. The molecule has 1 aliphatic carbocycles. The summed E-state index contributed by atoms with van der Waals surface area (Å²) in [5, 5.41) is 0. The van der Waals surface area contributed by atoms with Gasteiger partial charge in [0.15, 0.2) is 0 Å². The topological polar surface area (TPSA) is 9.23 Å². The highest BCUT2D eigenvalue weighted by atomic mass is 16.5. The third kappa shape index (κ3) is 2.98. The Labute approximate surface area is 82.9 Å². The molecule has 1 rings (SSSR count). The van der Waals surface area contributed by atoms with Crippen LogP contribution in [0.3, 0.4) is 0 Å². The molecule has 3 atom stereocenters. The number of hydrogen-bond donors (Lipinski definition) is 0. The normalized spacial score (nSPS) is 34.4. The molecule has 0 heterocycles. The zero-order valence-corrected chi connectivity index (χ0v) is 9.55. The maximum Gasteiger partial charge on any atom is 0.0603 e. The van der Waals surface area contributed by atoms with Gasteiger partial charge in [-0.15, -0.1) is 0 Å². The first-order valence-corrected chi connectivity index (χ1v) is 5.76. The molecule has 0 bridgehead atoms. The third-order valence-electron chi connectivity index (χ3n) is 3.32. The van der Waals surface area contributed by atoms with Gasteiger partial charge in [0, 0.05) is 6.61 Å². The quantitative estimate of drug-likeness (QED) is 0.650. The second-order valence-corrected chi connectivity index (χ2v) is 4.86. The molecule has 0 radical (unpaired) electrons. The first-order valence-electron chi connectivity index (χ1n) is 5.76. The fraction of sp³-hybridized carbons (Fsp3) is 1.00. The summed E-state index contributed by atoms with van der Waals surface area (Å²) in [6, 6.07) is 0. The van der Waals surface area contributed by atoms with Crippen LogP contribution in [0.4, 0.5) is 0 Å². The summed E-state index contributed by atoms with van der Waals surface area (Å²) >= 11 is 0. The molecule has 0 aromatic carbocycles. The molecule has 78 valence electrons. The average Bonchev–Trinajstić information content (AvgIpc) is 2.44. The predicted molar refractivity (Wildman–Crippen MR) is 56.8 cm³/mol. The third-order valence-corrected chi connectivity index (χ3v) is 3.32. The van der Waals surface area contributed by atoms with E-state index in [0.717, 1.165) is 30.8 Å². The van der Waals surface area contributed by atoms with E-state index in [1.807, 2.05) is 0 Å². The van der Waals surface area contributed by atoms with Crippen LogP contribution in [0.5, 0.6) is 0 Å². The van der Waals surface area contributed by atoms with Crippen LogP contribution >= 0.6 is 0 Å². The summed E-state index contributed by atoms with van der Waals surface area (Å²) < 4.78 is 5.84. The molecule has 3 unspecified atom stereocenters. The molecule has 0 amide bonds. The minimum absolute atomic E-state index is 0.548. The lowest BCUT2D eigenvalue weighted by atomic mass is 9.94. The molecule has 1 aliphatic rings. The monoisotopic (exact) mass is 184 g/mol. The summed E-state index contributed by atoms with van der Waals surface area (Å²) in [7, 11) is 0. The first-order chi connectivity index (χ1) is 6.15. The highest BCUT2D eigenvalue weighted by Gasteiger charge is 2.33. The summed E-state index contributed by atoms with van der Waals surface area (Å²) in [6.45, 7) is 10.1. The Bertz CT molecular complexity index is 142. The summed E-state index contributed by atoms with van der Waals surface area (Å²) in [5.74, 6) is 2.51. The van der Waals surface area contributed by atoms with E-state index in [1.54, 1.807) is 0 Å². The van der Waals surface area contributed by atoms with Gasteiger partial charge in [-0.3, -0.25) is 0 Å². The van der Waals surface area contributed by atoms with Crippen LogP contribution in [0.2, 0.25) is 0 Å². The van der Waals surface area contributed by atoms with Crippen molar-refractivity contribution < 1.29 is 4.74 Å². The number of ether oxygens (including phenoxy) is 1. The van der Waals surface area contributed by atoms with Gasteiger partial charge in [0.25, 0.3) is 0 Å². The van der Waals surface area contributed by atoms with Crippen LogP contribution in [-0.2, 0) is 4.74 Å². The van der Waals surface area contributed by atoms with E-state index >= 15 is 0 Å². The van der Waals surface area contributed by atoms with Crippen molar-refractivity contribution >= 4 is 0 Å². The molecule has 13 heavy (non-hydrogen) atoms. The zero-order valence-electron chi connectivity index (χ0n) is 9.55. The predicted octanol–water partition coefficient (Wildman–Crippen LogP) is 3.48. The molecule has 0 N–H and O–H groups in total. The lowest BCUT2D eigenvalue weighted by Gasteiger charge is -2.16. The van der Waals surface area contributed by atoms with Crippen LogP contribution in [-0.4, -0.2) is 12.7 Å². The van der Waals surface area contributed by atoms with E-state index in [1.165, 1.54) is 12.8 Å². The van der Waals surface area contributed by atoms with E-state index in [9.17, 15) is 0 Å². The van der Waals surface area contributed by atoms with E-state index in [0.29, 0.717) is 6.10 Å². The van der Waals surface area contributed by atoms with Crippen molar-refractivity contribution in [3.63, 3.8) is 0 Å². The average molecular weight is 184 g/mol. The first kappa shape index (κ1) is 11.0. The van der Waals surface area contributed by atoms with Crippen LogP contribution in [0, 0.1) is 17.8 Å². The number of rotatable bonds is 4. The Morgan fingerprint density at radius 2 is 2.00 bits per heavy atom. The minimum atomic E-state index is 0.548. The van der Waals surface area contributed by atoms with Crippen molar-refractivity contribution in [3.8, 4) is 0 Å². The zero-order chi connectivity index (χ0) is 9.84. The van der Waals surface area contributed by atoms with Gasteiger partial charge in [-0.05, 0) is 37.0 Å². The van der Waals surface area contributed by atoms with Crippen molar-refractivity contribution in [3.05, 3.63) is 0 Å². The van der Waals surface area contributed by atoms with E-state index in [-0.39, 0.29) is 0 Å². The smallest absolute Gasteiger partial charge is 0.0603 e. The van der Waals surface area contributed by atoms with Crippen molar-refractivity contribution in [1.82, 2.24) is 0 Å². The Hall–Kier alpha value is -0.0400.